The Morgan fingerprint density at radius 2 is 1.93 bits per heavy atom. The molecule has 1 unspecified atom stereocenters. The van der Waals surface area contributed by atoms with Crippen LogP contribution in [0, 0.1) is 0 Å². The number of carbonyl (C=O) groups is 2. The largest absolute Gasteiger partial charge is 0.497 e. The lowest BCUT2D eigenvalue weighted by atomic mass is 9.92. The maximum absolute atomic E-state index is 12.9. The molecular weight excluding hydrogens is 346 g/mol. The molecule has 0 spiro atoms. The third kappa shape index (κ3) is 3.49. The fourth-order valence-corrected chi connectivity index (χ4v) is 3.63. The summed E-state index contributed by atoms with van der Waals surface area (Å²) in [6.45, 7) is 0. The average molecular weight is 371 g/mol. The number of amides is 2. The topological polar surface area (TPSA) is 81.6 Å². The van der Waals surface area contributed by atoms with Gasteiger partial charge in [-0.25, -0.2) is 0 Å². The fraction of sp³-hybridized carbons (Fsp3) is 0.400. The summed E-state index contributed by atoms with van der Waals surface area (Å²) >= 11 is 0. The van der Waals surface area contributed by atoms with E-state index < -0.39 is 0 Å². The van der Waals surface area contributed by atoms with Gasteiger partial charge in [0.25, 0.3) is 11.8 Å². The minimum absolute atomic E-state index is 0.131. The minimum atomic E-state index is -0.210. The van der Waals surface area contributed by atoms with E-state index in [4.69, 9.17) is 9.47 Å². The first-order valence-corrected chi connectivity index (χ1v) is 8.93. The zero-order valence-electron chi connectivity index (χ0n) is 16.1. The molecule has 0 saturated heterocycles. The van der Waals surface area contributed by atoms with Crippen molar-refractivity contribution in [3.63, 3.8) is 0 Å². The molecule has 1 atom stereocenters. The van der Waals surface area contributed by atoms with E-state index in [0.29, 0.717) is 22.8 Å². The van der Waals surface area contributed by atoms with Crippen LogP contribution in [0.5, 0.6) is 11.5 Å². The van der Waals surface area contributed by atoms with Crippen LogP contribution in [0.25, 0.3) is 0 Å². The Morgan fingerprint density at radius 1 is 1.15 bits per heavy atom. The molecule has 0 saturated carbocycles. The van der Waals surface area contributed by atoms with Crippen molar-refractivity contribution in [3.8, 4) is 11.5 Å². The van der Waals surface area contributed by atoms with Gasteiger partial charge in [0.2, 0.25) is 0 Å². The molecule has 144 valence electrons. The summed E-state index contributed by atoms with van der Waals surface area (Å²) in [5.41, 5.74) is 3.15. The molecule has 7 heteroatoms. The number of benzene rings is 1. The molecule has 1 aromatic heterocycles. The van der Waals surface area contributed by atoms with Gasteiger partial charge in [-0.2, -0.15) is 0 Å². The first kappa shape index (κ1) is 18.8. The predicted molar refractivity (Wildman–Crippen MR) is 101 cm³/mol. The second-order valence-electron chi connectivity index (χ2n) is 6.55. The number of nitrogens with one attached hydrogen (secondary N) is 2. The van der Waals surface area contributed by atoms with Gasteiger partial charge in [0.1, 0.15) is 17.2 Å². The number of methoxy groups -OCH3 is 2. The molecule has 2 amide bonds. The van der Waals surface area contributed by atoms with Crippen molar-refractivity contribution in [2.45, 2.75) is 25.3 Å². The van der Waals surface area contributed by atoms with E-state index in [1.165, 1.54) is 7.11 Å². The van der Waals surface area contributed by atoms with Crippen LogP contribution in [0.1, 0.15) is 51.0 Å². The average Bonchev–Trinajstić information content (AvgIpc) is 3.04. The monoisotopic (exact) mass is 371 g/mol. The summed E-state index contributed by atoms with van der Waals surface area (Å²) in [5.74, 6) is 0.745. The Labute approximate surface area is 158 Å². The lowest BCUT2D eigenvalue weighted by molar-refractivity contribution is 0.0927. The molecule has 1 heterocycles. The van der Waals surface area contributed by atoms with Crippen LogP contribution >= 0.6 is 0 Å². The summed E-state index contributed by atoms with van der Waals surface area (Å²) in [6.07, 6.45) is 2.66. The maximum Gasteiger partial charge on any atom is 0.267 e. The molecule has 2 aromatic rings. The van der Waals surface area contributed by atoms with Crippen molar-refractivity contribution in [1.82, 2.24) is 15.2 Å². The van der Waals surface area contributed by atoms with Gasteiger partial charge in [-0.15, -0.1) is 0 Å². The molecule has 1 aliphatic rings. The van der Waals surface area contributed by atoms with E-state index in [1.54, 1.807) is 32.4 Å². The van der Waals surface area contributed by atoms with Gasteiger partial charge < -0.3 is 24.7 Å². The zero-order valence-corrected chi connectivity index (χ0v) is 16.1. The van der Waals surface area contributed by atoms with E-state index in [9.17, 15) is 9.59 Å². The van der Waals surface area contributed by atoms with E-state index in [2.05, 4.69) is 10.6 Å². The highest BCUT2D eigenvalue weighted by atomic mass is 16.5. The van der Waals surface area contributed by atoms with Crippen LogP contribution in [0.3, 0.4) is 0 Å². The van der Waals surface area contributed by atoms with E-state index >= 15 is 0 Å². The minimum Gasteiger partial charge on any atom is -0.497 e. The Morgan fingerprint density at radius 3 is 2.59 bits per heavy atom. The summed E-state index contributed by atoms with van der Waals surface area (Å²) in [7, 11) is 6.60. The molecule has 0 aliphatic heterocycles. The van der Waals surface area contributed by atoms with Crippen molar-refractivity contribution in [2.75, 3.05) is 21.3 Å². The van der Waals surface area contributed by atoms with Gasteiger partial charge in [0.05, 0.1) is 25.8 Å². The van der Waals surface area contributed by atoms with Gasteiger partial charge in [-0.1, -0.05) is 0 Å². The van der Waals surface area contributed by atoms with Gasteiger partial charge in [0.15, 0.2) is 0 Å². The Kier molecular flexibility index (Phi) is 5.39. The fourth-order valence-electron chi connectivity index (χ4n) is 3.63. The van der Waals surface area contributed by atoms with Gasteiger partial charge >= 0.3 is 0 Å². The van der Waals surface area contributed by atoms with E-state index in [-0.39, 0.29) is 17.9 Å². The first-order chi connectivity index (χ1) is 13.0. The quantitative estimate of drug-likeness (QED) is 0.844. The number of ether oxygens (including phenoxy) is 2. The second kappa shape index (κ2) is 7.73. The predicted octanol–water partition coefficient (Wildman–Crippen LogP) is 2.21. The number of carbonyl (C=O) groups excluding carboxylic acids is 2. The molecule has 1 aromatic carbocycles. The smallest absolute Gasteiger partial charge is 0.267 e. The van der Waals surface area contributed by atoms with E-state index in [0.717, 1.165) is 30.5 Å². The number of hydrogen-bond acceptors (Lipinski definition) is 4. The van der Waals surface area contributed by atoms with Crippen molar-refractivity contribution >= 4 is 11.8 Å². The van der Waals surface area contributed by atoms with Crippen LogP contribution in [0.4, 0.5) is 0 Å². The van der Waals surface area contributed by atoms with Crippen molar-refractivity contribution in [2.24, 2.45) is 7.05 Å². The Bertz CT molecular complexity index is 872. The lowest BCUT2D eigenvalue weighted by Crippen LogP contribution is -2.31. The second-order valence-corrected chi connectivity index (χ2v) is 6.55. The van der Waals surface area contributed by atoms with Crippen LogP contribution < -0.4 is 20.1 Å². The first-order valence-electron chi connectivity index (χ1n) is 8.93. The Balaban J connectivity index is 1.88. The summed E-state index contributed by atoms with van der Waals surface area (Å²) in [4.78, 5) is 25.0. The summed E-state index contributed by atoms with van der Waals surface area (Å²) < 4.78 is 12.4. The highest BCUT2D eigenvalue weighted by Crippen LogP contribution is 2.33. The summed E-state index contributed by atoms with van der Waals surface area (Å²) in [5, 5.41) is 5.76. The van der Waals surface area contributed by atoms with Crippen molar-refractivity contribution in [1.29, 1.82) is 0 Å². The molecule has 0 fully saturated rings. The zero-order chi connectivity index (χ0) is 19.6. The summed E-state index contributed by atoms with van der Waals surface area (Å²) in [6, 6.07) is 6.85. The number of aromatic nitrogens is 1. The SMILES string of the molecule is CNC(=O)c1cc2c(n1C)CCCC2NC(=O)c1ccc(OC)cc1OC. The van der Waals surface area contributed by atoms with Crippen LogP contribution in [-0.4, -0.2) is 37.6 Å². The third-order valence-electron chi connectivity index (χ3n) is 5.09. The maximum atomic E-state index is 12.9. The highest BCUT2D eigenvalue weighted by molar-refractivity contribution is 5.97. The van der Waals surface area contributed by atoms with E-state index in [1.807, 2.05) is 17.7 Å². The molecule has 1 aliphatic carbocycles. The molecule has 0 radical (unpaired) electrons. The molecule has 7 nitrogen and oxygen atoms in total. The number of fused-ring (bicyclic) bond motifs is 1. The molecule has 0 bridgehead atoms. The van der Waals surface area contributed by atoms with Crippen LogP contribution in [0.2, 0.25) is 0 Å². The Hall–Kier alpha value is -2.96. The molecule has 2 N–H and O–H groups in total. The third-order valence-corrected chi connectivity index (χ3v) is 5.09. The van der Waals surface area contributed by atoms with Gasteiger partial charge in [-0.05, 0) is 43.0 Å². The number of hydrogen-bond donors (Lipinski definition) is 2. The van der Waals surface area contributed by atoms with Crippen molar-refractivity contribution < 1.29 is 19.1 Å². The normalized spacial score (nSPS) is 15.6. The highest BCUT2D eigenvalue weighted by Gasteiger charge is 2.28. The lowest BCUT2D eigenvalue weighted by Gasteiger charge is -2.25. The molecular formula is C20H25N3O4. The van der Waals surface area contributed by atoms with Crippen molar-refractivity contribution in [3.05, 3.63) is 46.8 Å². The van der Waals surface area contributed by atoms with Gasteiger partial charge in [-0.3, -0.25) is 9.59 Å². The molecule has 3 rings (SSSR count). The number of nitrogens with zero attached hydrogens (tertiary/aromatic N) is 1. The standard InChI is InChI=1S/C20H25N3O4/c1-21-20(25)17-11-14-15(6-5-7-16(14)23(17)2)22-19(24)13-9-8-12(26-3)10-18(13)27-4/h8-11,15H,5-7H2,1-4H3,(H,21,25)(H,22,24). The molecule has 27 heavy (non-hydrogen) atoms. The van der Waals surface area contributed by atoms with Crippen LogP contribution in [-0.2, 0) is 13.5 Å². The van der Waals surface area contributed by atoms with Gasteiger partial charge in [0, 0.05) is 25.9 Å². The van der Waals surface area contributed by atoms with Crippen LogP contribution in [0.15, 0.2) is 24.3 Å². The number of rotatable bonds is 5.